The van der Waals surface area contributed by atoms with Crippen molar-refractivity contribution in [2.24, 2.45) is 0 Å². The molecule has 0 unspecified atom stereocenters. The van der Waals surface area contributed by atoms with Crippen LogP contribution >= 0.6 is 12.2 Å². The summed E-state index contributed by atoms with van der Waals surface area (Å²) >= 11 is 4.97. The van der Waals surface area contributed by atoms with Gasteiger partial charge in [-0.05, 0) is 12.1 Å². The van der Waals surface area contributed by atoms with Crippen LogP contribution in [0, 0.1) is 0 Å². The van der Waals surface area contributed by atoms with Crippen molar-refractivity contribution < 1.29 is 13.2 Å². The van der Waals surface area contributed by atoms with Crippen molar-refractivity contribution >= 4 is 17.2 Å². The van der Waals surface area contributed by atoms with E-state index in [2.05, 4.69) is 20.3 Å². The monoisotopic (exact) mass is 298 g/mol. The van der Waals surface area contributed by atoms with Crippen molar-refractivity contribution in [1.82, 2.24) is 20.3 Å². The Morgan fingerprint density at radius 3 is 2.55 bits per heavy atom. The maximum atomic E-state index is 12.8. The molecule has 0 aromatic carbocycles. The van der Waals surface area contributed by atoms with Crippen LogP contribution in [0.5, 0.6) is 0 Å². The van der Waals surface area contributed by atoms with E-state index in [4.69, 9.17) is 12.2 Å². The van der Waals surface area contributed by atoms with Crippen LogP contribution in [0.2, 0.25) is 0 Å². The number of rotatable bonds is 3. The molecule has 0 spiro atoms. The predicted octanol–water partition coefficient (Wildman–Crippen LogP) is 2.36. The minimum absolute atomic E-state index is 0.0436. The van der Waals surface area contributed by atoms with Crippen molar-refractivity contribution in [1.29, 1.82) is 0 Å². The lowest BCUT2D eigenvalue weighted by atomic mass is 10.1. The highest BCUT2D eigenvalue weighted by molar-refractivity contribution is 7.80. The third-order valence-electron chi connectivity index (χ3n) is 2.40. The number of nitrogens with zero attached hydrogens (tertiary/aromatic N) is 3. The molecule has 0 amide bonds. The first-order chi connectivity index (χ1) is 9.48. The lowest BCUT2D eigenvalue weighted by Gasteiger charge is -2.13. The van der Waals surface area contributed by atoms with Crippen molar-refractivity contribution in [2.45, 2.75) is 12.7 Å². The molecular formula is C12H9F3N4S. The maximum absolute atomic E-state index is 12.8. The summed E-state index contributed by atoms with van der Waals surface area (Å²) in [7, 11) is 0. The number of hydrogen-bond donors (Lipinski definition) is 1. The summed E-state index contributed by atoms with van der Waals surface area (Å²) in [4.78, 5) is 11.5. The van der Waals surface area contributed by atoms with Crippen molar-refractivity contribution in [3.8, 4) is 0 Å². The second-order valence-corrected chi connectivity index (χ2v) is 4.17. The Kier molecular flexibility index (Phi) is 4.23. The Bertz CT molecular complexity index is 601. The van der Waals surface area contributed by atoms with Crippen LogP contribution in [-0.4, -0.2) is 19.9 Å². The van der Waals surface area contributed by atoms with Gasteiger partial charge < -0.3 is 5.32 Å². The van der Waals surface area contributed by atoms with Gasteiger partial charge in [0, 0.05) is 30.4 Å². The minimum atomic E-state index is -4.48. The lowest BCUT2D eigenvalue weighted by molar-refractivity contribution is -0.137. The van der Waals surface area contributed by atoms with Crippen LogP contribution in [0.4, 0.5) is 13.2 Å². The second kappa shape index (κ2) is 5.91. The highest BCUT2D eigenvalue weighted by Gasteiger charge is 2.34. The van der Waals surface area contributed by atoms with Gasteiger partial charge in [-0.3, -0.25) is 4.98 Å². The molecule has 2 rings (SSSR count). The molecule has 0 radical (unpaired) electrons. The summed E-state index contributed by atoms with van der Waals surface area (Å²) in [5.41, 5.74) is -0.982. The number of alkyl halides is 3. The highest BCUT2D eigenvalue weighted by Crippen LogP contribution is 2.31. The fourth-order valence-electron chi connectivity index (χ4n) is 1.50. The quantitative estimate of drug-likeness (QED) is 0.882. The molecule has 4 nitrogen and oxygen atoms in total. The normalized spacial score (nSPS) is 11.2. The van der Waals surface area contributed by atoms with Crippen LogP contribution in [0.25, 0.3) is 0 Å². The van der Waals surface area contributed by atoms with Gasteiger partial charge in [0.05, 0.1) is 12.1 Å². The van der Waals surface area contributed by atoms with Crippen LogP contribution < -0.4 is 5.32 Å². The molecule has 20 heavy (non-hydrogen) atoms. The van der Waals surface area contributed by atoms with Gasteiger partial charge in [-0.2, -0.15) is 13.2 Å². The van der Waals surface area contributed by atoms with E-state index in [9.17, 15) is 13.2 Å². The van der Waals surface area contributed by atoms with Gasteiger partial charge in [-0.1, -0.05) is 12.2 Å². The van der Waals surface area contributed by atoms with Crippen molar-refractivity contribution in [2.75, 3.05) is 0 Å². The van der Waals surface area contributed by atoms with E-state index < -0.39 is 11.7 Å². The fourth-order valence-corrected chi connectivity index (χ4v) is 1.73. The van der Waals surface area contributed by atoms with E-state index in [0.717, 1.165) is 18.5 Å². The van der Waals surface area contributed by atoms with Gasteiger partial charge in [0.15, 0.2) is 0 Å². The number of thiocarbonyl (C=S) groups is 1. The topological polar surface area (TPSA) is 50.7 Å². The molecular weight excluding hydrogens is 289 g/mol. The molecule has 0 fully saturated rings. The van der Waals surface area contributed by atoms with Crippen LogP contribution in [-0.2, 0) is 12.7 Å². The van der Waals surface area contributed by atoms with E-state index in [1.54, 1.807) is 6.07 Å². The van der Waals surface area contributed by atoms with E-state index in [0.29, 0.717) is 5.82 Å². The smallest absolute Gasteiger partial charge is 0.368 e. The van der Waals surface area contributed by atoms with Crippen LogP contribution in [0.3, 0.4) is 0 Å². The van der Waals surface area contributed by atoms with Gasteiger partial charge in [-0.25, -0.2) is 9.97 Å². The predicted molar refractivity (Wildman–Crippen MR) is 69.8 cm³/mol. The molecule has 0 atom stereocenters. The average Bonchev–Trinajstić information content (AvgIpc) is 2.45. The van der Waals surface area contributed by atoms with Gasteiger partial charge >= 0.3 is 6.18 Å². The summed E-state index contributed by atoms with van der Waals surface area (Å²) in [6, 6.07) is 2.53. The Balaban J connectivity index is 2.14. The van der Waals surface area contributed by atoms with Gasteiger partial charge in [0.2, 0.25) is 0 Å². The number of hydrogen-bond acceptors (Lipinski definition) is 4. The molecule has 8 heteroatoms. The number of aromatic nitrogens is 3. The van der Waals surface area contributed by atoms with E-state index in [-0.39, 0.29) is 17.1 Å². The van der Waals surface area contributed by atoms with Crippen LogP contribution in [0.1, 0.15) is 17.0 Å². The molecule has 1 N–H and O–H groups in total. The molecule has 0 aliphatic carbocycles. The van der Waals surface area contributed by atoms with Gasteiger partial charge in [-0.15, -0.1) is 0 Å². The Morgan fingerprint density at radius 2 is 1.90 bits per heavy atom. The fraction of sp³-hybridized carbons (Fsp3) is 0.167. The summed E-state index contributed by atoms with van der Waals surface area (Å²) < 4.78 is 38.5. The zero-order valence-corrected chi connectivity index (χ0v) is 10.9. The maximum Gasteiger partial charge on any atom is 0.417 e. The zero-order valence-electron chi connectivity index (χ0n) is 10.1. The van der Waals surface area contributed by atoms with Crippen molar-refractivity contribution in [3.63, 3.8) is 0 Å². The molecule has 0 bridgehead atoms. The molecule has 0 saturated carbocycles. The summed E-state index contributed by atoms with van der Waals surface area (Å²) in [5.74, 6) is 0.437. The number of halogens is 3. The molecule has 0 aliphatic heterocycles. The number of pyridine rings is 1. The second-order valence-electron chi connectivity index (χ2n) is 3.77. The first-order valence-electron chi connectivity index (χ1n) is 5.54. The molecule has 2 aromatic heterocycles. The summed E-state index contributed by atoms with van der Waals surface area (Å²) in [6.45, 7) is 0.145. The minimum Gasteiger partial charge on any atom is -0.368 e. The Labute approximate surface area is 118 Å². The van der Waals surface area contributed by atoms with E-state index >= 15 is 0 Å². The molecule has 2 aromatic rings. The standard InChI is InChI=1S/C12H9F3N4S/c13-12(14,15)9-2-5-16-6-8(9)11(20)19-7-10-17-3-1-4-18-10/h1-6H,7H2,(H,19,20). The molecule has 0 saturated heterocycles. The summed E-state index contributed by atoms with van der Waals surface area (Å²) in [5, 5.41) is 2.69. The molecule has 104 valence electrons. The molecule has 0 aliphatic rings. The average molecular weight is 298 g/mol. The Hall–Kier alpha value is -2.09. The SMILES string of the molecule is FC(F)(F)c1ccncc1C(=S)NCc1ncccn1. The molecule has 2 heterocycles. The number of nitrogens with one attached hydrogen (secondary N) is 1. The summed E-state index contributed by atoms with van der Waals surface area (Å²) in [6.07, 6.45) is 0.767. The zero-order chi connectivity index (χ0) is 14.6. The largest absolute Gasteiger partial charge is 0.417 e. The van der Waals surface area contributed by atoms with Crippen LogP contribution in [0.15, 0.2) is 36.9 Å². The Morgan fingerprint density at radius 1 is 1.20 bits per heavy atom. The highest BCUT2D eigenvalue weighted by atomic mass is 32.1. The third kappa shape index (κ3) is 3.47. The first-order valence-corrected chi connectivity index (χ1v) is 5.94. The first kappa shape index (κ1) is 14.3. The van der Waals surface area contributed by atoms with Gasteiger partial charge in [0.1, 0.15) is 10.8 Å². The van der Waals surface area contributed by atoms with E-state index in [1.807, 2.05) is 0 Å². The third-order valence-corrected chi connectivity index (χ3v) is 2.76. The van der Waals surface area contributed by atoms with Gasteiger partial charge in [0.25, 0.3) is 0 Å². The van der Waals surface area contributed by atoms with E-state index in [1.165, 1.54) is 12.4 Å². The van der Waals surface area contributed by atoms with Crippen molar-refractivity contribution in [3.05, 3.63) is 53.9 Å². The lowest BCUT2D eigenvalue weighted by Crippen LogP contribution is -2.26.